The fourth-order valence-electron chi connectivity index (χ4n) is 1.36. The van der Waals surface area contributed by atoms with Crippen LogP contribution >= 0.6 is 0 Å². The van der Waals surface area contributed by atoms with Crippen molar-refractivity contribution in [3.8, 4) is 11.8 Å². The van der Waals surface area contributed by atoms with Gasteiger partial charge in [-0.1, -0.05) is 5.92 Å². The molecule has 0 bridgehead atoms. The normalized spacial score (nSPS) is 27.8. The molecule has 0 radical (unpaired) electrons. The second-order valence-corrected chi connectivity index (χ2v) is 3.15. The summed E-state index contributed by atoms with van der Waals surface area (Å²) in [6.07, 6.45) is 1.50. The summed E-state index contributed by atoms with van der Waals surface area (Å²) in [6.45, 7) is 4.34. The van der Waals surface area contributed by atoms with E-state index in [2.05, 4.69) is 11.8 Å². The quantitative estimate of drug-likeness (QED) is 0.579. The lowest BCUT2D eigenvalue weighted by atomic mass is 9.99. The highest BCUT2D eigenvalue weighted by Crippen LogP contribution is 2.20. The topological polar surface area (TPSA) is 26.3 Å². The van der Waals surface area contributed by atoms with Crippen LogP contribution in [0.15, 0.2) is 0 Å². The third kappa shape index (κ3) is 2.35. The van der Waals surface area contributed by atoms with E-state index >= 15 is 0 Å². The van der Waals surface area contributed by atoms with Crippen LogP contribution in [-0.4, -0.2) is 18.5 Å². The first kappa shape index (κ1) is 9.28. The van der Waals surface area contributed by atoms with Crippen molar-refractivity contribution >= 4 is 5.78 Å². The Balaban J connectivity index is 2.36. The van der Waals surface area contributed by atoms with Crippen molar-refractivity contribution in [2.45, 2.75) is 32.8 Å². The standard InChI is InChI=1S/C10H14O2/c1-3-4-5-10(11)9-6-8(2)12-7-9/h8-9H,5-7H2,1-2H3. The first-order valence-corrected chi connectivity index (χ1v) is 4.28. The Hall–Kier alpha value is -0.810. The Morgan fingerprint density at radius 1 is 1.67 bits per heavy atom. The zero-order valence-electron chi connectivity index (χ0n) is 7.59. The van der Waals surface area contributed by atoms with E-state index in [1.54, 1.807) is 6.92 Å². The highest BCUT2D eigenvalue weighted by atomic mass is 16.5. The fourth-order valence-corrected chi connectivity index (χ4v) is 1.36. The lowest BCUT2D eigenvalue weighted by Crippen LogP contribution is -2.13. The summed E-state index contributed by atoms with van der Waals surface area (Å²) in [5, 5.41) is 0. The minimum atomic E-state index is 0.0980. The van der Waals surface area contributed by atoms with Gasteiger partial charge in [0, 0.05) is 5.92 Å². The molecule has 1 heterocycles. The minimum Gasteiger partial charge on any atom is -0.378 e. The maximum atomic E-state index is 11.4. The summed E-state index contributed by atoms with van der Waals surface area (Å²) in [5.74, 6) is 5.83. The van der Waals surface area contributed by atoms with Gasteiger partial charge in [0.25, 0.3) is 0 Å². The molecule has 1 aliphatic heterocycles. The number of ether oxygens (including phenoxy) is 1. The van der Waals surface area contributed by atoms with Crippen LogP contribution in [0.4, 0.5) is 0 Å². The van der Waals surface area contributed by atoms with E-state index in [1.165, 1.54) is 0 Å². The van der Waals surface area contributed by atoms with Crippen LogP contribution in [0.2, 0.25) is 0 Å². The Labute approximate surface area is 73.3 Å². The third-order valence-corrected chi connectivity index (χ3v) is 2.09. The Bertz CT molecular complexity index is 222. The molecule has 66 valence electrons. The number of Topliss-reactive ketones (excluding diaryl/α,β-unsaturated/α-hetero) is 1. The molecule has 0 spiro atoms. The number of ketones is 1. The molecule has 2 heteroatoms. The average molecular weight is 166 g/mol. The van der Waals surface area contributed by atoms with Crippen LogP contribution in [0, 0.1) is 17.8 Å². The van der Waals surface area contributed by atoms with Gasteiger partial charge in [0.1, 0.15) is 5.78 Å². The number of carbonyl (C=O) groups is 1. The monoisotopic (exact) mass is 166 g/mol. The van der Waals surface area contributed by atoms with Gasteiger partial charge in [-0.15, -0.1) is 5.92 Å². The van der Waals surface area contributed by atoms with Crippen molar-refractivity contribution < 1.29 is 9.53 Å². The molecule has 1 saturated heterocycles. The van der Waals surface area contributed by atoms with E-state index in [4.69, 9.17) is 4.74 Å². The fraction of sp³-hybridized carbons (Fsp3) is 0.700. The van der Waals surface area contributed by atoms with E-state index < -0.39 is 0 Å². The van der Waals surface area contributed by atoms with Crippen LogP contribution in [0.25, 0.3) is 0 Å². The van der Waals surface area contributed by atoms with Gasteiger partial charge >= 0.3 is 0 Å². The first-order valence-electron chi connectivity index (χ1n) is 4.28. The van der Waals surface area contributed by atoms with Gasteiger partial charge in [-0.05, 0) is 20.3 Å². The smallest absolute Gasteiger partial charge is 0.150 e. The van der Waals surface area contributed by atoms with Gasteiger partial charge in [-0.2, -0.15) is 0 Å². The summed E-state index contributed by atoms with van der Waals surface area (Å²) in [6, 6.07) is 0. The molecule has 2 unspecified atom stereocenters. The Kier molecular flexibility index (Phi) is 3.31. The van der Waals surface area contributed by atoms with Crippen LogP contribution < -0.4 is 0 Å². The summed E-state index contributed by atoms with van der Waals surface area (Å²) >= 11 is 0. The summed E-state index contributed by atoms with van der Waals surface area (Å²) in [7, 11) is 0. The molecular formula is C10H14O2. The van der Waals surface area contributed by atoms with Crippen molar-refractivity contribution in [2.75, 3.05) is 6.61 Å². The molecular weight excluding hydrogens is 152 g/mol. The summed E-state index contributed by atoms with van der Waals surface area (Å²) < 4.78 is 5.30. The molecule has 0 amide bonds. The van der Waals surface area contributed by atoms with Crippen molar-refractivity contribution in [3.05, 3.63) is 0 Å². The maximum Gasteiger partial charge on any atom is 0.150 e. The molecule has 1 rings (SSSR count). The first-order chi connectivity index (χ1) is 5.74. The van der Waals surface area contributed by atoms with Gasteiger partial charge < -0.3 is 4.74 Å². The Morgan fingerprint density at radius 3 is 2.92 bits per heavy atom. The van der Waals surface area contributed by atoms with E-state index in [0.29, 0.717) is 13.0 Å². The molecule has 12 heavy (non-hydrogen) atoms. The molecule has 0 N–H and O–H groups in total. The van der Waals surface area contributed by atoms with Crippen LogP contribution in [-0.2, 0) is 9.53 Å². The molecule has 2 nitrogen and oxygen atoms in total. The molecule has 0 aromatic rings. The molecule has 1 fully saturated rings. The molecule has 0 aliphatic carbocycles. The molecule has 0 aromatic carbocycles. The van der Waals surface area contributed by atoms with Crippen LogP contribution in [0.3, 0.4) is 0 Å². The molecule has 1 aliphatic rings. The lowest BCUT2D eigenvalue weighted by Gasteiger charge is -2.01. The van der Waals surface area contributed by atoms with Gasteiger partial charge in [0.2, 0.25) is 0 Å². The van der Waals surface area contributed by atoms with Crippen molar-refractivity contribution in [2.24, 2.45) is 5.92 Å². The summed E-state index contributed by atoms with van der Waals surface area (Å²) in [4.78, 5) is 11.4. The zero-order chi connectivity index (χ0) is 8.97. The number of hydrogen-bond donors (Lipinski definition) is 0. The van der Waals surface area contributed by atoms with Gasteiger partial charge in [-0.3, -0.25) is 4.79 Å². The predicted octanol–water partition coefficient (Wildman–Crippen LogP) is 1.39. The van der Waals surface area contributed by atoms with E-state index in [1.807, 2.05) is 6.92 Å². The van der Waals surface area contributed by atoms with Gasteiger partial charge in [0.15, 0.2) is 0 Å². The van der Waals surface area contributed by atoms with Crippen molar-refractivity contribution in [1.29, 1.82) is 0 Å². The highest BCUT2D eigenvalue weighted by Gasteiger charge is 2.27. The average Bonchev–Trinajstić information content (AvgIpc) is 2.47. The Morgan fingerprint density at radius 2 is 2.42 bits per heavy atom. The van der Waals surface area contributed by atoms with Gasteiger partial charge in [0.05, 0.1) is 19.1 Å². The van der Waals surface area contributed by atoms with Crippen molar-refractivity contribution in [1.82, 2.24) is 0 Å². The number of carbonyl (C=O) groups excluding carboxylic acids is 1. The van der Waals surface area contributed by atoms with Gasteiger partial charge in [-0.25, -0.2) is 0 Å². The largest absolute Gasteiger partial charge is 0.378 e. The van der Waals surface area contributed by atoms with Crippen LogP contribution in [0.1, 0.15) is 26.7 Å². The second-order valence-electron chi connectivity index (χ2n) is 3.15. The van der Waals surface area contributed by atoms with Crippen LogP contribution in [0.5, 0.6) is 0 Å². The highest BCUT2D eigenvalue weighted by molar-refractivity contribution is 5.83. The van der Waals surface area contributed by atoms with E-state index in [9.17, 15) is 4.79 Å². The molecule has 2 atom stereocenters. The third-order valence-electron chi connectivity index (χ3n) is 2.09. The zero-order valence-corrected chi connectivity index (χ0v) is 7.59. The number of hydrogen-bond acceptors (Lipinski definition) is 2. The lowest BCUT2D eigenvalue weighted by molar-refractivity contribution is -0.121. The maximum absolute atomic E-state index is 11.4. The number of rotatable bonds is 2. The van der Waals surface area contributed by atoms with E-state index in [-0.39, 0.29) is 17.8 Å². The van der Waals surface area contributed by atoms with E-state index in [0.717, 1.165) is 6.42 Å². The summed E-state index contributed by atoms with van der Waals surface area (Å²) in [5.41, 5.74) is 0. The SMILES string of the molecule is CC#CCC(=O)C1COC(C)C1. The second kappa shape index (κ2) is 4.27. The molecule has 0 aromatic heterocycles. The molecule has 0 saturated carbocycles. The van der Waals surface area contributed by atoms with Crippen molar-refractivity contribution in [3.63, 3.8) is 0 Å². The minimum absolute atomic E-state index is 0.0980. The predicted molar refractivity (Wildman–Crippen MR) is 46.6 cm³/mol.